The van der Waals surface area contributed by atoms with Crippen molar-refractivity contribution in [2.45, 2.75) is 19.8 Å². The molecular formula is C15H16FNO4. The number of methoxy groups -OCH3 is 2. The van der Waals surface area contributed by atoms with Crippen LogP contribution in [0.2, 0.25) is 0 Å². The highest BCUT2D eigenvalue weighted by Crippen LogP contribution is 2.28. The Morgan fingerprint density at radius 1 is 1.38 bits per heavy atom. The molecule has 0 aliphatic carbocycles. The third-order valence-electron chi connectivity index (χ3n) is 2.96. The SMILES string of the molecule is CCCc1nc(-c2ccc(OC)cc2F)oc1C(=O)OC. The van der Waals surface area contributed by atoms with E-state index < -0.39 is 11.8 Å². The second-order valence-electron chi connectivity index (χ2n) is 4.38. The zero-order valence-electron chi connectivity index (χ0n) is 12.1. The Bertz CT molecular complexity index is 651. The standard InChI is InChI=1S/C15H16FNO4/c1-4-5-12-13(15(18)20-3)21-14(17-12)10-7-6-9(19-2)8-11(10)16/h6-8H,4-5H2,1-3H3. The van der Waals surface area contributed by atoms with Gasteiger partial charge in [0.25, 0.3) is 0 Å². The third-order valence-corrected chi connectivity index (χ3v) is 2.96. The van der Waals surface area contributed by atoms with E-state index in [9.17, 15) is 9.18 Å². The molecule has 0 saturated carbocycles. The summed E-state index contributed by atoms with van der Waals surface area (Å²) in [6.45, 7) is 1.95. The van der Waals surface area contributed by atoms with E-state index in [4.69, 9.17) is 9.15 Å². The number of benzene rings is 1. The molecule has 112 valence electrons. The van der Waals surface area contributed by atoms with Gasteiger partial charge >= 0.3 is 5.97 Å². The predicted molar refractivity (Wildman–Crippen MR) is 73.8 cm³/mol. The highest BCUT2D eigenvalue weighted by Gasteiger charge is 2.22. The molecule has 0 aliphatic heterocycles. The van der Waals surface area contributed by atoms with E-state index in [1.807, 2.05) is 6.92 Å². The first-order valence-electron chi connectivity index (χ1n) is 6.52. The number of aryl methyl sites for hydroxylation is 1. The van der Waals surface area contributed by atoms with Crippen LogP contribution in [0.15, 0.2) is 22.6 Å². The molecule has 1 aromatic heterocycles. The van der Waals surface area contributed by atoms with Crippen molar-refractivity contribution in [3.63, 3.8) is 0 Å². The van der Waals surface area contributed by atoms with E-state index in [-0.39, 0.29) is 17.2 Å². The lowest BCUT2D eigenvalue weighted by molar-refractivity contribution is 0.0564. The van der Waals surface area contributed by atoms with Crippen LogP contribution in [0.4, 0.5) is 4.39 Å². The van der Waals surface area contributed by atoms with Crippen molar-refractivity contribution in [3.8, 4) is 17.2 Å². The number of hydrogen-bond acceptors (Lipinski definition) is 5. The first-order chi connectivity index (χ1) is 10.1. The van der Waals surface area contributed by atoms with Gasteiger partial charge in [-0.15, -0.1) is 0 Å². The van der Waals surface area contributed by atoms with E-state index in [2.05, 4.69) is 9.72 Å². The quantitative estimate of drug-likeness (QED) is 0.792. The van der Waals surface area contributed by atoms with Gasteiger partial charge < -0.3 is 13.9 Å². The van der Waals surface area contributed by atoms with Crippen LogP contribution in [0.3, 0.4) is 0 Å². The van der Waals surface area contributed by atoms with E-state index in [0.717, 1.165) is 6.42 Å². The molecule has 0 atom stereocenters. The molecule has 0 saturated heterocycles. The van der Waals surface area contributed by atoms with Crippen LogP contribution in [-0.4, -0.2) is 25.2 Å². The average molecular weight is 293 g/mol. The molecule has 6 heteroatoms. The number of hydrogen-bond donors (Lipinski definition) is 0. The highest BCUT2D eigenvalue weighted by atomic mass is 19.1. The molecule has 0 bridgehead atoms. The summed E-state index contributed by atoms with van der Waals surface area (Å²) in [5, 5.41) is 0. The number of esters is 1. The smallest absolute Gasteiger partial charge is 0.376 e. The van der Waals surface area contributed by atoms with Gasteiger partial charge in [0.15, 0.2) is 0 Å². The zero-order chi connectivity index (χ0) is 15.4. The van der Waals surface area contributed by atoms with Crippen LogP contribution >= 0.6 is 0 Å². The molecule has 1 heterocycles. The molecule has 0 fully saturated rings. The van der Waals surface area contributed by atoms with Gasteiger partial charge in [-0.2, -0.15) is 0 Å². The molecule has 2 rings (SSSR count). The zero-order valence-corrected chi connectivity index (χ0v) is 12.1. The van der Waals surface area contributed by atoms with Crippen molar-refractivity contribution in [2.24, 2.45) is 0 Å². The Morgan fingerprint density at radius 2 is 2.14 bits per heavy atom. The van der Waals surface area contributed by atoms with Gasteiger partial charge in [0.1, 0.15) is 11.6 Å². The number of halogens is 1. The average Bonchev–Trinajstić information content (AvgIpc) is 2.90. The normalized spacial score (nSPS) is 10.5. The van der Waals surface area contributed by atoms with Gasteiger partial charge in [-0.05, 0) is 18.6 Å². The first-order valence-corrected chi connectivity index (χ1v) is 6.52. The highest BCUT2D eigenvalue weighted by molar-refractivity contribution is 5.88. The van der Waals surface area contributed by atoms with Crippen LogP contribution in [0.1, 0.15) is 29.6 Å². The summed E-state index contributed by atoms with van der Waals surface area (Å²) in [4.78, 5) is 15.9. The Hall–Kier alpha value is -2.37. The third kappa shape index (κ3) is 3.04. The molecule has 0 amide bonds. The van der Waals surface area contributed by atoms with Gasteiger partial charge in [-0.1, -0.05) is 13.3 Å². The van der Waals surface area contributed by atoms with Crippen LogP contribution in [0, 0.1) is 5.82 Å². The molecule has 0 N–H and O–H groups in total. The molecular weight excluding hydrogens is 277 g/mol. The maximum Gasteiger partial charge on any atom is 0.376 e. The Labute approximate surface area is 121 Å². The minimum absolute atomic E-state index is 0.0181. The minimum atomic E-state index is -0.619. The maximum atomic E-state index is 14.0. The van der Waals surface area contributed by atoms with Gasteiger partial charge in [0.2, 0.25) is 11.7 Å². The summed E-state index contributed by atoms with van der Waals surface area (Å²) >= 11 is 0. The number of rotatable bonds is 5. The van der Waals surface area contributed by atoms with Crippen molar-refractivity contribution in [2.75, 3.05) is 14.2 Å². The van der Waals surface area contributed by atoms with Crippen LogP contribution in [-0.2, 0) is 11.2 Å². The number of nitrogens with zero attached hydrogens (tertiary/aromatic N) is 1. The van der Waals surface area contributed by atoms with Crippen molar-refractivity contribution >= 4 is 5.97 Å². The van der Waals surface area contributed by atoms with E-state index in [1.165, 1.54) is 26.4 Å². The Balaban J connectivity index is 2.47. The van der Waals surface area contributed by atoms with Crippen molar-refractivity contribution in [1.82, 2.24) is 4.98 Å². The molecule has 1 aromatic carbocycles. The monoisotopic (exact) mass is 293 g/mol. The second kappa shape index (κ2) is 6.39. The molecule has 2 aromatic rings. The molecule has 5 nitrogen and oxygen atoms in total. The van der Waals surface area contributed by atoms with E-state index in [0.29, 0.717) is 17.9 Å². The lowest BCUT2D eigenvalue weighted by Crippen LogP contribution is -2.03. The lowest BCUT2D eigenvalue weighted by atomic mass is 10.2. The van der Waals surface area contributed by atoms with Crippen LogP contribution < -0.4 is 4.74 Å². The summed E-state index contributed by atoms with van der Waals surface area (Å²) in [5.74, 6) is -0.686. The van der Waals surface area contributed by atoms with Gasteiger partial charge in [-0.3, -0.25) is 0 Å². The van der Waals surface area contributed by atoms with Gasteiger partial charge in [-0.25, -0.2) is 14.2 Å². The summed E-state index contributed by atoms with van der Waals surface area (Å²) in [5.41, 5.74) is 0.637. The van der Waals surface area contributed by atoms with Crippen LogP contribution in [0.5, 0.6) is 5.75 Å². The number of carbonyl (C=O) groups is 1. The van der Waals surface area contributed by atoms with E-state index >= 15 is 0 Å². The molecule has 21 heavy (non-hydrogen) atoms. The summed E-state index contributed by atoms with van der Waals surface area (Å²) < 4.78 is 29.0. The lowest BCUT2D eigenvalue weighted by Gasteiger charge is -2.02. The number of oxazole rings is 1. The van der Waals surface area contributed by atoms with Gasteiger partial charge in [0, 0.05) is 6.07 Å². The van der Waals surface area contributed by atoms with E-state index in [1.54, 1.807) is 6.07 Å². The number of aromatic nitrogens is 1. The molecule has 0 spiro atoms. The fourth-order valence-corrected chi connectivity index (χ4v) is 1.92. The Kier molecular flexibility index (Phi) is 4.57. The first kappa shape index (κ1) is 15.0. The maximum absolute atomic E-state index is 14.0. The van der Waals surface area contributed by atoms with Crippen LogP contribution in [0.25, 0.3) is 11.5 Å². The summed E-state index contributed by atoms with van der Waals surface area (Å²) in [6.07, 6.45) is 1.33. The Morgan fingerprint density at radius 3 is 2.71 bits per heavy atom. The molecule has 0 radical (unpaired) electrons. The minimum Gasteiger partial charge on any atom is -0.497 e. The number of ether oxygens (including phenoxy) is 2. The fourth-order valence-electron chi connectivity index (χ4n) is 1.92. The van der Waals surface area contributed by atoms with Gasteiger partial charge in [0.05, 0.1) is 25.5 Å². The van der Waals surface area contributed by atoms with Crippen molar-refractivity contribution < 1.29 is 23.1 Å². The summed E-state index contributed by atoms with van der Waals surface area (Å²) in [7, 11) is 2.71. The van der Waals surface area contributed by atoms with Crippen molar-refractivity contribution in [3.05, 3.63) is 35.5 Å². The largest absolute Gasteiger partial charge is 0.497 e. The fraction of sp³-hybridized carbons (Fsp3) is 0.333. The molecule has 0 aliphatic rings. The summed E-state index contributed by atoms with van der Waals surface area (Å²) in [6, 6.07) is 4.33. The second-order valence-corrected chi connectivity index (χ2v) is 4.38. The van der Waals surface area contributed by atoms with Crippen molar-refractivity contribution in [1.29, 1.82) is 0 Å². The molecule has 0 unspecified atom stereocenters. The number of carbonyl (C=O) groups excluding carboxylic acids is 1. The predicted octanol–water partition coefficient (Wildman–Crippen LogP) is 3.23. The topological polar surface area (TPSA) is 61.6 Å².